The van der Waals surface area contributed by atoms with Crippen molar-refractivity contribution in [2.75, 3.05) is 17.7 Å². The van der Waals surface area contributed by atoms with E-state index >= 15 is 0 Å². The molecular formula is C33H27N15O7. The van der Waals surface area contributed by atoms with E-state index in [9.17, 15) is 34.3 Å². The van der Waals surface area contributed by atoms with Crippen molar-refractivity contribution in [1.82, 2.24) is 34.5 Å². The van der Waals surface area contributed by atoms with Crippen LogP contribution in [0, 0.1) is 17.9 Å². The highest BCUT2D eigenvalue weighted by atomic mass is 16.5. The Morgan fingerprint density at radius 2 is 1.53 bits per heavy atom. The number of anilines is 2. The van der Waals surface area contributed by atoms with Gasteiger partial charge in [0.1, 0.15) is 17.4 Å². The van der Waals surface area contributed by atoms with E-state index in [2.05, 4.69) is 61.1 Å². The fraction of sp³-hybridized carbons (Fsp3) is 0.182. The summed E-state index contributed by atoms with van der Waals surface area (Å²) in [4.78, 5) is 77.6. The molecule has 0 aliphatic carbocycles. The first-order valence-corrected chi connectivity index (χ1v) is 15.7. The molecule has 22 heteroatoms. The lowest BCUT2D eigenvalue weighted by Crippen LogP contribution is -2.32. The largest absolute Gasteiger partial charge is 0.495 e. The van der Waals surface area contributed by atoms with Crippen LogP contribution in [-0.2, 0) is 25.8 Å². The highest BCUT2D eigenvalue weighted by Crippen LogP contribution is 2.31. The third kappa shape index (κ3) is 8.52. The van der Waals surface area contributed by atoms with Gasteiger partial charge in [0.25, 0.3) is 23.5 Å². The van der Waals surface area contributed by atoms with E-state index < -0.39 is 59.7 Å². The number of ketones is 2. The van der Waals surface area contributed by atoms with Crippen molar-refractivity contribution in [1.29, 1.82) is 5.26 Å². The van der Waals surface area contributed by atoms with Gasteiger partial charge in [-0.05, 0) is 32.0 Å². The van der Waals surface area contributed by atoms with Crippen molar-refractivity contribution >= 4 is 52.1 Å². The summed E-state index contributed by atoms with van der Waals surface area (Å²) < 4.78 is 6.92. The van der Waals surface area contributed by atoms with Crippen LogP contribution in [0.2, 0.25) is 0 Å². The molecule has 0 saturated carbocycles. The van der Waals surface area contributed by atoms with Crippen LogP contribution in [0.15, 0.2) is 86.2 Å². The molecule has 3 heterocycles. The number of hydrogen-bond donors (Lipinski definition) is 4. The molecule has 0 saturated heterocycles. The number of hydrogen-bond acceptors (Lipinski definition) is 16. The summed E-state index contributed by atoms with van der Waals surface area (Å²) in [5.41, 5.74) is -0.586. The van der Waals surface area contributed by atoms with Gasteiger partial charge in [0.15, 0.2) is 23.2 Å². The molecule has 22 nitrogen and oxygen atoms in total. The maximum atomic E-state index is 13.1. The van der Waals surface area contributed by atoms with Crippen LogP contribution in [0.25, 0.3) is 16.7 Å². The number of aromatic amines is 1. The average Bonchev–Trinajstić information content (AvgIpc) is 3.78. The van der Waals surface area contributed by atoms with Gasteiger partial charge in [-0.1, -0.05) is 30.3 Å². The van der Waals surface area contributed by atoms with Gasteiger partial charge in [-0.15, -0.1) is 10.2 Å². The van der Waals surface area contributed by atoms with Gasteiger partial charge in [-0.2, -0.15) is 45.0 Å². The van der Waals surface area contributed by atoms with E-state index in [1.807, 2.05) is 6.07 Å². The fourth-order valence-electron chi connectivity index (χ4n) is 4.67. The number of nitrogens with zero attached hydrogens (tertiary/aromatic N) is 12. The first-order chi connectivity index (χ1) is 26.5. The molecule has 2 amide bonds. The average molecular weight is 746 g/mol. The van der Waals surface area contributed by atoms with Gasteiger partial charge >= 0.3 is 5.69 Å². The predicted molar refractivity (Wildman–Crippen MR) is 188 cm³/mol. The van der Waals surface area contributed by atoms with E-state index in [1.165, 1.54) is 13.2 Å². The number of nitriles is 1. The molecule has 5 aromatic rings. The minimum atomic E-state index is -1.70. The zero-order valence-electron chi connectivity index (χ0n) is 28.9. The lowest BCUT2D eigenvalue weighted by Gasteiger charge is -2.12. The number of azo groups is 2. The predicted octanol–water partition coefficient (Wildman–Crippen LogP) is 2.82. The van der Waals surface area contributed by atoms with E-state index in [0.29, 0.717) is 11.3 Å². The summed E-state index contributed by atoms with van der Waals surface area (Å²) in [5.74, 6) is -4.48. The second-order valence-electron chi connectivity index (χ2n) is 11.0. The Bertz CT molecular complexity index is 2340. The minimum absolute atomic E-state index is 0.208. The van der Waals surface area contributed by atoms with E-state index in [4.69, 9.17) is 11.3 Å². The molecule has 55 heavy (non-hydrogen) atoms. The number of amides is 2. The third-order valence-corrected chi connectivity index (χ3v) is 7.34. The summed E-state index contributed by atoms with van der Waals surface area (Å²) in [6.45, 7) is 9.39. The Labute approximate surface area is 309 Å². The zero-order chi connectivity index (χ0) is 39.6. The Kier molecular flexibility index (Phi) is 11.7. The second kappa shape index (κ2) is 16.9. The van der Waals surface area contributed by atoms with Crippen LogP contribution in [-0.4, -0.2) is 82.2 Å². The van der Waals surface area contributed by atoms with Crippen molar-refractivity contribution in [3.05, 3.63) is 94.0 Å². The number of Topliss-reactive ketones (excluding diaryl/α,β-unsaturated/α-hetero) is 2. The Hall–Kier alpha value is -8.11. The maximum Gasteiger partial charge on any atom is 0.351 e. The molecule has 2 aromatic carbocycles. The maximum absolute atomic E-state index is 13.1. The lowest BCUT2D eigenvalue weighted by atomic mass is 10.1. The van der Waals surface area contributed by atoms with Crippen molar-refractivity contribution < 1.29 is 29.0 Å². The normalized spacial score (nSPS) is 12.1. The molecule has 0 aliphatic heterocycles. The number of rotatable bonds is 14. The lowest BCUT2D eigenvalue weighted by molar-refractivity contribution is -0.127. The molecule has 0 radical (unpaired) electrons. The van der Waals surface area contributed by atoms with Crippen molar-refractivity contribution in [2.45, 2.75) is 32.5 Å². The molecule has 2 unspecified atom stereocenters. The fourth-order valence-corrected chi connectivity index (χ4v) is 4.67. The first kappa shape index (κ1) is 38.1. The summed E-state index contributed by atoms with van der Waals surface area (Å²) in [6.07, 6.45) is 2.11. The van der Waals surface area contributed by atoms with E-state index in [-0.39, 0.29) is 34.3 Å². The second-order valence-corrected chi connectivity index (χ2v) is 11.0. The quantitative estimate of drug-likeness (QED) is 0.0725. The molecule has 0 spiro atoms. The number of aromatic nitrogens is 7. The molecule has 0 fully saturated rings. The molecule has 2 atom stereocenters. The molecule has 4 N–H and O–H groups in total. The molecular weight excluding hydrogens is 718 g/mol. The summed E-state index contributed by atoms with van der Waals surface area (Å²) in [6, 6.07) is 11.2. The third-order valence-electron chi connectivity index (χ3n) is 7.34. The van der Waals surface area contributed by atoms with Crippen LogP contribution >= 0.6 is 0 Å². The van der Waals surface area contributed by atoms with Crippen LogP contribution in [0.5, 0.6) is 5.75 Å². The van der Waals surface area contributed by atoms with Gasteiger partial charge in [0, 0.05) is 11.3 Å². The van der Waals surface area contributed by atoms with Crippen LogP contribution in [0.4, 0.5) is 28.7 Å². The van der Waals surface area contributed by atoms with Gasteiger partial charge in [-0.25, -0.2) is 9.64 Å². The summed E-state index contributed by atoms with van der Waals surface area (Å²) >= 11 is 0. The SMILES string of the molecule is [C-]#[N+]c1cnn(-c2nc(-n3ncc(C#N)c3N=NC(C(C)=O)C(=O)Nc3ccccc3OC)nc(=O)[nH]2)c1N=NC(C(C)=O)C(=O)Nc1ccccc1CO. The van der Waals surface area contributed by atoms with Gasteiger partial charge in [-0.3, -0.25) is 24.2 Å². The Morgan fingerprint density at radius 3 is 2.15 bits per heavy atom. The Balaban J connectivity index is 1.49. The smallest absolute Gasteiger partial charge is 0.351 e. The highest BCUT2D eigenvalue weighted by Gasteiger charge is 2.27. The van der Waals surface area contributed by atoms with Crippen molar-refractivity contribution in [3.63, 3.8) is 0 Å². The number of aliphatic hydroxyl groups is 1. The molecule has 276 valence electrons. The van der Waals surface area contributed by atoms with Gasteiger partial charge in [0.05, 0.1) is 38.4 Å². The van der Waals surface area contributed by atoms with Crippen LogP contribution in [0.3, 0.4) is 0 Å². The van der Waals surface area contributed by atoms with Crippen LogP contribution in [0.1, 0.15) is 25.0 Å². The highest BCUT2D eigenvalue weighted by molar-refractivity contribution is 6.11. The number of carbonyl (C=O) groups excluding carboxylic acids is 4. The van der Waals surface area contributed by atoms with E-state index in [1.54, 1.807) is 42.5 Å². The number of carbonyl (C=O) groups is 4. The number of ether oxygens (including phenoxy) is 1. The number of nitrogens with one attached hydrogen (secondary N) is 3. The summed E-state index contributed by atoms with van der Waals surface area (Å²) in [7, 11) is 1.40. The number of aliphatic hydroxyl groups excluding tert-OH is 1. The molecule has 0 aliphatic rings. The standard InChI is InChI=1S/C33H27N15O7/c1-17(50)25(29(52)38-21-10-6-5-9-19(21)16-49)44-46-28-23(35-3)15-37-48(28)32-40-31(41-33(54)42-32)47-27(20(13-34)14-36-47)45-43-26(18(2)51)30(53)39-22-11-7-8-12-24(22)55-4/h5-12,14-15,25-26,49H,16H2,1-2,4H3,(H,38,52)(H,39,53)(H,40,41,42,54). The monoisotopic (exact) mass is 745 g/mol. The molecule has 0 bridgehead atoms. The zero-order valence-corrected chi connectivity index (χ0v) is 28.9. The molecule has 5 rings (SSSR count). The number of benzene rings is 2. The van der Waals surface area contributed by atoms with Gasteiger partial charge in [0.2, 0.25) is 18.0 Å². The van der Waals surface area contributed by atoms with Crippen molar-refractivity contribution in [2.24, 2.45) is 20.5 Å². The number of H-pyrrole nitrogens is 1. The number of methoxy groups -OCH3 is 1. The topological polar surface area (TPSA) is 294 Å². The minimum Gasteiger partial charge on any atom is -0.495 e. The first-order valence-electron chi connectivity index (χ1n) is 15.7. The van der Waals surface area contributed by atoms with Crippen molar-refractivity contribution in [3.8, 4) is 23.7 Å². The van der Waals surface area contributed by atoms with Crippen LogP contribution < -0.4 is 21.1 Å². The number of para-hydroxylation sites is 3. The molecule has 3 aromatic heterocycles. The summed E-state index contributed by atoms with van der Waals surface area (Å²) in [5, 5.41) is 48.1. The van der Waals surface area contributed by atoms with E-state index in [0.717, 1.165) is 35.6 Å². The Morgan fingerprint density at radius 1 is 0.927 bits per heavy atom. The van der Waals surface area contributed by atoms with Gasteiger partial charge < -0.3 is 20.5 Å².